The van der Waals surface area contributed by atoms with Crippen LogP contribution in [0.2, 0.25) is 0 Å². The summed E-state index contributed by atoms with van der Waals surface area (Å²) in [7, 11) is 0. The Morgan fingerprint density at radius 2 is 2.00 bits per heavy atom. The highest BCUT2D eigenvalue weighted by molar-refractivity contribution is 6.07. The number of benzene rings is 1. The molecule has 1 atom stereocenters. The first-order valence-corrected chi connectivity index (χ1v) is 7.27. The van der Waals surface area contributed by atoms with Gasteiger partial charge in [0, 0.05) is 6.54 Å². The Kier molecular flexibility index (Phi) is 4.66. The fourth-order valence-corrected chi connectivity index (χ4v) is 2.36. The molecular formula is C16H19N3O3. The molecule has 1 unspecified atom stereocenters. The molecule has 1 fully saturated rings. The van der Waals surface area contributed by atoms with Crippen LogP contribution in [0.5, 0.6) is 5.75 Å². The number of carbonyl (C=O) groups is 2. The van der Waals surface area contributed by atoms with Gasteiger partial charge < -0.3 is 10.1 Å². The number of amides is 3. The van der Waals surface area contributed by atoms with E-state index in [0.29, 0.717) is 12.2 Å². The first-order valence-electron chi connectivity index (χ1n) is 7.27. The van der Waals surface area contributed by atoms with Crippen molar-refractivity contribution in [3.05, 3.63) is 29.8 Å². The quantitative estimate of drug-likeness (QED) is 0.816. The molecule has 22 heavy (non-hydrogen) atoms. The van der Waals surface area contributed by atoms with Gasteiger partial charge in [0.05, 0.1) is 19.1 Å². The molecule has 116 valence electrons. The van der Waals surface area contributed by atoms with Crippen molar-refractivity contribution in [2.75, 3.05) is 13.2 Å². The van der Waals surface area contributed by atoms with Crippen LogP contribution >= 0.6 is 0 Å². The van der Waals surface area contributed by atoms with E-state index in [1.54, 1.807) is 31.2 Å². The number of urea groups is 1. The van der Waals surface area contributed by atoms with Gasteiger partial charge in [0.25, 0.3) is 5.91 Å². The molecule has 1 aromatic rings. The standard InChI is InChI=1S/C16H19N3O3/c1-3-11-22-13-7-5-12(6-8-13)16(2)14(20)19(10-4-9-17)15(21)18-16/h5-8H,3-4,10-11H2,1-2H3,(H,18,21). The molecule has 0 radical (unpaired) electrons. The summed E-state index contributed by atoms with van der Waals surface area (Å²) >= 11 is 0. The Bertz CT molecular complexity index is 606. The number of rotatable bonds is 6. The van der Waals surface area contributed by atoms with E-state index in [-0.39, 0.29) is 18.9 Å². The van der Waals surface area contributed by atoms with E-state index in [4.69, 9.17) is 10.00 Å². The lowest BCUT2D eigenvalue weighted by Gasteiger charge is -2.22. The number of imide groups is 1. The largest absolute Gasteiger partial charge is 0.494 e. The smallest absolute Gasteiger partial charge is 0.325 e. The zero-order valence-electron chi connectivity index (χ0n) is 12.8. The molecule has 0 aliphatic carbocycles. The van der Waals surface area contributed by atoms with E-state index >= 15 is 0 Å². The van der Waals surface area contributed by atoms with Gasteiger partial charge in [-0.3, -0.25) is 9.69 Å². The summed E-state index contributed by atoms with van der Waals surface area (Å²) in [4.78, 5) is 25.5. The molecular weight excluding hydrogens is 282 g/mol. The van der Waals surface area contributed by atoms with Crippen molar-refractivity contribution >= 4 is 11.9 Å². The molecule has 0 saturated carbocycles. The van der Waals surface area contributed by atoms with Crippen LogP contribution in [0.1, 0.15) is 32.3 Å². The fourth-order valence-electron chi connectivity index (χ4n) is 2.36. The maximum Gasteiger partial charge on any atom is 0.325 e. The first kappa shape index (κ1) is 15.8. The zero-order chi connectivity index (χ0) is 16.2. The summed E-state index contributed by atoms with van der Waals surface area (Å²) in [6.45, 7) is 4.43. The van der Waals surface area contributed by atoms with Gasteiger partial charge in [-0.1, -0.05) is 19.1 Å². The van der Waals surface area contributed by atoms with Crippen LogP contribution in [-0.4, -0.2) is 30.0 Å². The summed E-state index contributed by atoms with van der Waals surface area (Å²) in [6, 6.07) is 8.60. The fraction of sp³-hybridized carbons (Fsp3) is 0.438. The van der Waals surface area contributed by atoms with Crippen LogP contribution in [0.3, 0.4) is 0 Å². The predicted octanol–water partition coefficient (Wildman–Crippen LogP) is 2.16. The second kappa shape index (κ2) is 6.48. The van der Waals surface area contributed by atoms with Crippen LogP contribution in [0.4, 0.5) is 4.79 Å². The first-order chi connectivity index (χ1) is 10.5. The minimum absolute atomic E-state index is 0.106. The second-order valence-corrected chi connectivity index (χ2v) is 5.29. The average Bonchev–Trinajstić information content (AvgIpc) is 2.74. The second-order valence-electron chi connectivity index (χ2n) is 5.29. The Balaban J connectivity index is 2.18. The Labute approximate surface area is 129 Å². The molecule has 0 spiro atoms. The van der Waals surface area contributed by atoms with Gasteiger partial charge in [0.1, 0.15) is 11.3 Å². The highest BCUT2D eigenvalue weighted by Crippen LogP contribution is 2.30. The van der Waals surface area contributed by atoms with E-state index < -0.39 is 11.6 Å². The number of nitriles is 1. The highest BCUT2D eigenvalue weighted by atomic mass is 16.5. The summed E-state index contributed by atoms with van der Waals surface area (Å²) in [5, 5.41) is 11.3. The monoisotopic (exact) mass is 301 g/mol. The van der Waals surface area contributed by atoms with Gasteiger partial charge in [-0.25, -0.2) is 4.79 Å². The van der Waals surface area contributed by atoms with E-state index in [9.17, 15) is 9.59 Å². The van der Waals surface area contributed by atoms with Crippen molar-refractivity contribution < 1.29 is 14.3 Å². The van der Waals surface area contributed by atoms with Crippen molar-refractivity contribution in [2.24, 2.45) is 0 Å². The van der Waals surface area contributed by atoms with E-state index in [2.05, 4.69) is 5.32 Å². The number of hydrogen-bond acceptors (Lipinski definition) is 4. The van der Waals surface area contributed by atoms with E-state index in [1.165, 1.54) is 0 Å². The average molecular weight is 301 g/mol. The van der Waals surface area contributed by atoms with Gasteiger partial charge >= 0.3 is 6.03 Å². The van der Waals surface area contributed by atoms with Crippen LogP contribution < -0.4 is 10.1 Å². The molecule has 1 heterocycles. The molecule has 1 saturated heterocycles. The van der Waals surface area contributed by atoms with Crippen molar-refractivity contribution in [1.82, 2.24) is 10.2 Å². The van der Waals surface area contributed by atoms with Crippen molar-refractivity contribution in [2.45, 2.75) is 32.2 Å². The van der Waals surface area contributed by atoms with Gasteiger partial charge in [-0.2, -0.15) is 5.26 Å². The molecule has 0 bridgehead atoms. The van der Waals surface area contributed by atoms with Crippen LogP contribution in [-0.2, 0) is 10.3 Å². The van der Waals surface area contributed by atoms with Crippen LogP contribution in [0.15, 0.2) is 24.3 Å². The maximum absolute atomic E-state index is 12.5. The van der Waals surface area contributed by atoms with Crippen molar-refractivity contribution in [1.29, 1.82) is 5.26 Å². The molecule has 3 amide bonds. The third-order valence-corrected chi connectivity index (χ3v) is 3.63. The molecule has 6 heteroatoms. The van der Waals surface area contributed by atoms with Crippen molar-refractivity contribution in [3.63, 3.8) is 0 Å². The highest BCUT2D eigenvalue weighted by Gasteiger charge is 2.48. The SMILES string of the molecule is CCCOc1ccc(C2(C)NC(=O)N(CCC#N)C2=O)cc1. The van der Waals surface area contributed by atoms with Gasteiger partial charge in [-0.15, -0.1) is 0 Å². The summed E-state index contributed by atoms with van der Waals surface area (Å²) in [6.07, 6.45) is 1.04. The van der Waals surface area contributed by atoms with Gasteiger partial charge in [0.2, 0.25) is 0 Å². The number of nitrogens with zero attached hydrogens (tertiary/aromatic N) is 2. The molecule has 2 rings (SSSR count). The predicted molar refractivity (Wildman–Crippen MR) is 80.1 cm³/mol. The minimum Gasteiger partial charge on any atom is -0.494 e. The maximum atomic E-state index is 12.5. The Hall–Kier alpha value is -2.55. The Morgan fingerprint density at radius 3 is 2.59 bits per heavy atom. The molecule has 1 aromatic carbocycles. The normalized spacial score (nSPS) is 20.7. The van der Waals surface area contributed by atoms with Gasteiger partial charge in [-0.05, 0) is 31.0 Å². The number of carbonyl (C=O) groups excluding carboxylic acids is 2. The summed E-state index contributed by atoms with van der Waals surface area (Å²) in [5.74, 6) is 0.391. The molecule has 1 N–H and O–H groups in total. The lowest BCUT2D eigenvalue weighted by molar-refractivity contribution is -0.131. The number of hydrogen-bond donors (Lipinski definition) is 1. The molecule has 0 aromatic heterocycles. The lowest BCUT2D eigenvalue weighted by Crippen LogP contribution is -2.40. The third-order valence-electron chi connectivity index (χ3n) is 3.63. The molecule has 1 aliphatic rings. The molecule has 6 nitrogen and oxygen atoms in total. The number of nitrogens with one attached hydrogen (secondary N) is 1. The Morgan fingerprint density at radius 1 is 1.32 bits per heavy atom. The number of ether oxygens (including phenoxy) is 1. The topological polar surface area (TPSA) is 82.4 Å². The van der Waals surface area contributed by atoms with E-state index in [0.717, 1.165) is 17.1 Å². The van der Waals surface area contributed by atoms with E-state index in [1.807, 2.05) is 13.0 Å². The lowest BCUT2D eigenvalue weighted by atomic mass is 9.92. The summed E-state index contributed by atoms with van der Waals surface area (Å²) in [5.41, 5.74) is -0.412. The van der Waals surface area contributed by atoms with Crippen LogP contribution in [0, 0.1) is 11.3 Å². The van der Waals surface area contributed by atoms with Crippen molar-refractivity contribution in [3.8, 4) is 11.8 Å². The summed E-state index contributed by atoms with van der Waals surface area (Å²) < 4.78 is 5.51. The van der Waals surface area contributed by atoms with Crippen LogP contribution in [0.25, 0.3) is 0 Å². The molecule has 1 aliphatic heterocycles. The third kappa shape index (κ3) is 2.89. The van der Waals surface area contributed by atoms with Gasteiger partial charge in [0.15, 0.2) is 0 Å². The zero-order valence-corrected chi connectivity index (χ0v) is 12.8. The minimum atomic E-state index is -1.10.